The van der Waals surface area contributed by atoms with Gasteiger partial charge >= 0.3 is 0 Å². The molecule has 3 heterocycles. The molecule has 3 rings (SSSR count). The minimum absolute atomic E-state index is 0.322. The monoisotopic (exact) mass is 283 g/mol. The van der Waals surface area contributed by atoms with Crippen LogP contribution in [0.15, 0.2) is 24.5 Å². The van der Waals surface area contributed by atoms with Gasteiger partial charge in [-0.3, -0.25) is 4.98 Å². The molecule has 0 unspecified atom stereocenters. The molecule has 110 valence electrons. The van der Waals surface area contributed by atoms with Crippen LogP contribution in [-0.2, 0) is 0 Å². The molecule has 0 bridgehead atoms. The molecule has 0 aromatic carbocycles. The van der Waals surface area contributed by atoms with Crippen molar-refractivity contribution in [3.05, 3.63) is 35.8 Å². The molecule has 1 saturated heterocycles. The van der Waals surface area contributed by atoms with Gasteiger partial charge in [-0.15, -0.1) is 0 Å². The summed E-state index contributed by atoms with van der Waals surface area (Å²) < 4.78 is 0. The summed E-state index contributed by atoms with van der Waals surface area (Å²) in [5.74, 6) is 1.78. The largest absolute Gasteiger partial charge is 0.356 e. The summed E-state index contributed by atoms with van der Waals surface area (Å²) in [6.45, 7) is 6.05. The smallest absolute Gasteiger partial charge is 0.163 e. The minimum Gasteiger partial charge on any atom is -0.356 e. The Hall–Kier alpha value is -2.01. The third-order valence-corrected chi connectivity index (χ3v) is 4.12. The molecule has 2 aromatic heterocycles. The van der Waals surface area contributed by atoms with Crippen molar-refractivity contribution >= 4 is 5.82 Å². The Morgan fingerprint density at radius 3 is 2.62 bits per heavy atom. The molecule has 5 nitrogen and oxygen atoms in total. The second-order valence-electron chi connectivity index (χ2n) is 5.65. The van der Waals surface area contributed by atoms with E-state index < -0.39 is 0 Å². The van der Waals surface area contributed by atoms with Crippen molar-refractivity contribution < 1.29 is 0 Å². The number of aryl methyl sites for hydroxylation is 1. The van der Waals surface area contributed by atoms with E-state index in [0.717, 1.165) is 54.4 Å². The van der Waals surface area contributed by atoms with Crippen LogP contribution >= 0.6 is 0 Å². The Bertz CT molecular complexity index is 618. The van der Waals surface area contributed by atoms with Crippen molar-refractivity contribution in [2.75, 3.05) is 18.0 Å². The number of aromatic nitrogens is 3. The van der Waals surface area contributed by atoms with Gasteiger partial charge in [-0.1, -0.05) is 0 Å². The molecular formula is C16H21N5. The third kappa shape index (κ3) is 2.88. The number of anilines is 1. The molecule has 5 heteroatoms. The average molecular weight is 283 g/mol. The van der Waals surface area contributed by atoms with Gasteiger partial charge in [-0.2, -0.15) is 0 Å². The van der Waals surface area contributed by atoms with E-state index in [1.807, 2.05) is 19.1 Å². The molecule has 0 aliphatic carbocycles. The second-order valence-corrected chi connectivity index (χ2v) is 5.65. The molecule has 0 radical (unpaired) electrons. The number of nitrogens with zero attached hydrogens (tertiary/aromatic N) is 4. The van der Waals surface area contributed by atoms with E-state index in [1.165, 1.54) is 0 Å². The fourth-order valence-electron chi connectivity index (χ4n) is 2.66. The summed E-state index contributed by atoms with van der Waals surface area (Å²) >= 11 is 0. The minimum atomic E-state index is 0.322. The molecule has 0 atom stereocenters. The van der Waals surface area contributed by atoms with E-state index in [2.05, 4.69) is 21.8 Å². The molecule has 2 N–H and O–H groups in total. The number of nitrogens with two attached hydrogens (primary N) is 1. The fourth-order valence-corrected chi connectivity index (χ4v) is 2.66. The van der Waals surface area contributed by atoms with Crippen molar-refractivity contribution in [1.82, 2.24) is 15.0 Å². The zero-order valence-corrected chi connectivity index (χ0v) is 12.6. The number of rotatable bonds is 2. The van der Waals surface area contributed by atoms with Crippen LogP contribution in [0.25, 0.3) is 11.4 Å². The van der Waals surface area contributed by atoms with Crippen molar-refractivity contribution in [2.45, 2.75) is 32.7 Å². The van der Waals surface area contributed by atoms with Crippen molar-refractivity contribution in [1.29, 1.82) is 0 Å². The molecule has 1 fully saturated rings. The van der Waals surface area contributed by atoms with Crippen molar-refractivity contribution in [2.24, 2.45) is 5.73 Å². The third-order valence-electron chi connectivity index (χ3n) is 4.12. The second kappa shape index (κ2) is 5.77. The topological polar surface area (TPSA) is 67.9 Å². The highest BCUT2D eigenvalue weighted by Gasteiger charge is 2.20. The lowest BCUT2D eigenvalue weighted by Crippen LogP contribution is -2.40. The summed E-state index contributed by atoms with van der Waals surface area (Å²) in [6.07, 6.45) is 5.60. The lowest BCUT2D eigenvalue weighted by Gasteiger charge is -2.32. The van der Waals surface area contributed by atoms with E-state index in [0.29, 0.717) is 6.04 Å². The van der Waals surface area contributed by atoms with Crippen LogP contribution in [0.5, 0.6) is 0 Å². The van der Waals surface area contributed by atoms with Crippen LogP contribution in [0.2, 0.25) is 0 Å². The molecule has 1 aliphatic heterocycles. The summed E-state index contributed by atoms with van der Waals surface area (Å²) in [6, 6.07) is 4.22. The quantitative estimate of drug-likeness (QED) is 0.914. The van der Waals surface area contributed by atoms with Crippen LogP contribution in [0, 0.1) is 13.8 Å². The highest BCUT2D eigenvalue weighted by molar-refractivity contribution is 5.59. The Morgan fingerprint density at radius 2 is 1.95 bits per heavy atom. The standard InChI is InChI=1S/C16H21N5/c1-11-12(2)19-15(13-4-3-7-18-10-13)20-16(11)21-8-5-14(17)6-9-21/h3-4,7,10,14H,5-6,8-9,17H2,1-2H3. The molecule has 1 aliphatic rings. The van der Waals surface area contributed by atoms with Crippen LogP contribution in [0.3, 0.4) is 0 Å². The van der Waals surface area contributed by atoms with Gasteiger partial charge in [-0.05, 0) is 38.8 Å². The van der Waals surface area contributed by atoms with E-state index in [9.17, 15) is 0 Å². The molecule has 0 spiro atoms. The van der Waals surface area contributed by atoms with Gasteiger partial charge in [0.25, 0.3) is 0 Å². The Labute approximate surface area is 125 Å². The maximum absolute atomic E-state index is 6.00. The molecule has 21 heavy (non-hydrogen) atoms. The highest BCUT2D eigenvalue weighted by atomic mass is 15.2. The number of hydrogen-bond donors (Lipinski definition) is 1. The Kier molecular flexibility index (Phi) is 3.84. The lowest BCUT2D eigenvalue weighted by atomic mass is 10.1. The summed E-state index contributed by atoms with van der Waals surface area (Å²) in [5.41, 5.74) is 9.12. The summed E-state index contributed by atoms with van der Waals surface area (Å²) in [7, 11) is 0. The van der Waals surface area contributed by atoms with Gasteiger partial charge in [-0.25, -0.2) is 9.97 Å². The molecular weight excluding hydrogens is 262 g/mol. The molecule has 0 amide bonds. The van der Waals surface area contributed by atoms with Gasteiger partial charge in [0.2, 0.25) is 0 Å². The number of hydrogen-bond acceptors (Lipinski definition) is 5. The van der Waals surface area contributed by atoms with Gasteiger partial charge in [0.05, 0.1) is 0 Å². The van der Waals surface area contributed by atoms with Gasteiger partial charge in [0.1, 0.15) is 5.82 Å². The van der Waals surface area contributed by atoms with E-state index in [1.54, 1.807) is 12.4 Å². The van der Waals surface area contributed by atoms with Crippen LogP contribution in [0.4, 0.5) is 5.82 Å². The molecule has 2 aromatic rings. The Balaban J connectivity index is 1.98. The molecule has 0 saturated carbocycles. The van der Waals surface area contributed by atoms with Crippen LogP contribution in [-0.4, -0.2) is 34.1 Å². The van der Waals surface area contributed by atoms with Gasteiger partial charge in [0.15, 0.2) is 5.82 Å². The first kappa shape index (κ1) is 13.9. The normalized spacial score (nSPS) is 16.2. The SMILES string of the molecule is Cc1nc(-c2cccnc2)nc(N2CCC(N)CC2)c1C. The maximum Gasteiger partial charge on any atom is 0.163 e. The first-order valence-corrected chi connectivity index (χ1v) is 7.41. The van der Waals surface area contributed by atoms with Crippen molar-refractivity contribution in [3.8, 4) is 11.4 Å². The van der Waals surface area contributed by atoms with E-state index in [-0.39, 0.29) is 0 Å². The number of pyridine rings is 1. The fraction of sp³-hybridized carbons (Fsp3) is 0.438. The van der Waals surface area contributed by atoms with Crippen LogP contribution in [0.1, 0.15) is 24.1 Å². The average Bonchev–Trinajstić information content (AvgIpc) is 2.52. The van der Waals surface area contributed by atoms with Gasteiger partial charge in [0, 0.05) is 48.3 Å². The first-order chi connectivity index (χ1) is 10.1. The Morgan fingerprint density at radius 1 is 1.19 bits per heavy atom. The van der Waals surface area contributed by atoms with E-state index >= 15 is 0 Å². The predicted octanol–water partition coefficient (Wildman–Crippen LogP) is 2.08. The highest BCUT2D eigenvalue weighted by Crippen LogP contribution is 2.26. The zero-order chi connectivity index (χ0) is 14.8. The predicted molar refractivity (Wildman–Crippen MR) is 84.2 cm³/mol. The summed E-state index contributed by atoms with van der Waals surface area (Å²) in [5, 5.41) is 0. The van der Waals surface area contributed by atoms with Crippen LogP contribution < -0.4 is 10.6 Å². The summed E-state index contributed by atoms with van der Waals surface area (Å²) in [4.78, 5) is 15.9. The zero-order valence-electron chi connectivity index (χ0n) is 12.6. The maximum atomic E-state index is 6.00. The van der Waals surface area contributed by atoms with Gasteiger partial charge < -0.3 is 10.6 Å². The number of piperidine rings is 1. The first-order valence-electron chi connectivity index (χ1n) is 7.41. The lowest BCUT2D eigenvalue weighted by molar-refractivity contribution is 0.498. The van der Waals surface area contributed by atoms with E-state index in [4.69, 9.17) is 10.7 Å². The van der Waals surface area contributed by atoms with Crippen molar-refractivity contribution in [3.63, 3.8) is 0 Å².